The van der Waals surface area contributed by atoms with Gasteiger partial charge in [-0.1, -0.05) is 0 Å². The van der Waals surface area contributed by atoms with E-state index >= 15 is 0 Å². The Morgan fingerprint density at radius 2 is 1.93 bits per heavy atom. The fraction of sp³-hybridized carbons (Fsp3) is 1.00. The molecule has 1 heterocycles. The van der Waals surface area contributed by atoms with Crippen LogP contribution in [0.3, 0.4) is 0 Å². The molecule has 0 amide bonds. The Morgan fingerprint density at radius 1 is 1.13 bits per heavy atom. The lowest BCUT2D eigenvalue weighted by Crippen LogP contribution is -2.29. The summed E-state index contributed by atoms with van der Waals surface area (Å²) >= 11 is 0. The van der Waals surface area contributed by atoms with Gasteiger partial charge >= 0.3 is 0 Å². The van der Waals surface area contributed by atoms with Gasteiger partial charge in [-0.3, -0.25) is 0 Å². The van der Waals surface area contributed by atoms with Crippen LogP contribution in [0.1, 0.15) is 19.3 Å². The molecule has 0 bridgehead atoms. The third kappa shape index (κ3) is 6.13. The standard InChI is InChI=1S/C12H27N3/c1-14(2)9-10-15(3)8-4-5-12-6-7-13-11-12/h12-13H,4-11H2,1-3H3. The minimum absolute atomic E-state index is 0.951. The van der Waals surface area contributed by atoms with Crippen molar-refractivity contribution in [2.24, 2.45) is 5.92 Å². The van der Waals surface area contributed by atoms with Crippen LogP contribution >= 0.6 is 0 Å². The molecule has 0 aliphatic carbocycles. The Hall–Kier alpha value is -0.120. The number of hydrogen-bond acceptors (Lipinski definition) is 3. The molecule has 0 spiro atoms. The van der Waals surface area contributed by atoms with E-state index in [2.05, 4.69) is 36.3 Å². The molecule has 0 aromatic rings. The minimum Gasteiger partial charge on any atom is -0.316 e. The van der Waals surface area contributed by atoms with E-state index in [9.17, 15) is 0 Å². The van der Waals surface area contributed by atoms with Crippen LogP contribution < -0.4 is 5.32 Å². The summed E-state index contributed by atoms with van der Waals surface area (Å²) in [6.07, 6.45) is 4.15. The van der Waals surface area contributed by atoms with Gasteiger partial charge in [-0.2, -0.15) is 0 Å². The fourth-order valence-corrected chi connectivity index (χ4v) is 2.09. The zero-order chi connectivity index (χ0) is 11.1. The Kier molecular flexibility index (Phi) is 6.22. The van der Waals surface area contributed by atoms with Gasteiger partial charge in [-0.15, -0.1) is 0 Å². The van der Waals surface area contributed by atoms with E-state index in [1.54, 1.807) is 0 Å². The van der Waals surface area contributed by atoms with Crippen molar-refractivity contribution in [1.29, 1.82) is 0 Å². The SMILES string of the molecule is CN(C)CCN(C)CCCC1CCNC1. The first-order valence-corrected chi connectivity index (χ1v) is 6.22. The Balaban J connectivity index is 1.93. The first-order valence-electron chi connectivity index (χ1n) is 6.22. The van der Waals surface area contributed by atoms with E-state index in [1.807, 2.05) is 0 Å². The molecule has 0 saturated carbocycles. The predicted molar refractivity (Wildman–Crippen MR) is 66.3 cm³/mol. The van der Waals surface area contributed by atoms with Crippen molar-refractivity contribution in [3.05, 3.63) is 0 Å². The van der Waals surface area contributed by atoms with Crippen LogP contribution in [0.5, 0.6) is 0 Å². The highest BCUT2D eigenvalue weighted by molar-refractivity contribution is 4.71. The number of likely N-dealkylation sites (N-methyl/N-ethyl adjacent to an activating group) is 2. The van der Waals surface area contributed by atoms with Gasteiger partial charge in [-0.25, -0.2) is 0 Å². The lowest BCUT2D eigenvalue weighted by molar-refractivity contribution is 0.272. The Morgan fingerprint density at radius 3 is 2.53 bits per heavy atom. The molecule has 1 unspecified atom stereocenters. The van der Waals surface area contributed by atoms with Crippen molar-refractivity contribution < 1.29 is 0 Å². The maximum Gasteiger partial charge on any atom is 0.0106 e. The van der Waals surface area contributed by atoms with Crippen LogP contribution in [0.15, 0.2) is 0 Å². The second-order valence-corrected chi connectivity index (χ2v) is 5.11. The molecule has 15 heavy (non-hydrogen) atoms. The monoisotopic (exact) mass is 213 g/mol. The van der Waals surface area contributed by atoms with E-state index in [0.717, 1.165) is 5.92 Å². The van der Waals surface area contributed by atoms with Gasteiger partial charge in [0.1, 0.15) is 0 Å². The summed E-state index contributed by atoms with van der Waals surface area (Å²) in [5, 5.41) is 3.43. The maximum absolute atomic E-state index is 3.43. The summed E-state index contributed by atoms with van der Waals surface area (Å²) in [7, 11) is 6.51. The van der Waals surface area contributed by atoms with E-state index in [0.29, 0.717) is 0 Å². The van der Waals surface area contributed by atoms with Crippen LogP contribution in [0.4, 0.5) is 0 Å². The van der Waals surface area contributed by atoms with Gasteiger partial charge in [0.25, 0.3) is 0 Å². The van der Waals surface area contributed by atoms with Gasteiger partial charge in [0.15, 0.2) is 0 Å². The largest absolute Gasteiger partial charge is 0.316 e. The molecule has 1 aliphatic rings. The molecule has 1 N–H and O–H groups in total. The van der Waals surface area contributed by atoms with E-state index in [-0.39, 0.29) is 0 Å². The van der Waals surface area contributed by atoms with Crippen molar-refractivity contribution >= 4 is 0 Å². The third-order valence-corrected chi connectivity index (χ3v) is 3.24. The molecular formula is C12H27N3. The number of nitrogens with one attached hydrogen (secondary N) is 1. The van der Waals surface area contributed by atoms with Gasteiger partial charge < -0.3 is 15.1 Å². The van der Waals surface area contributed by atoms with Crippen molar-refractivity contribution in [2.75, 3.05) is 53.9 Å². The van der Waals surface area contributed by atoms with Gasteiger partial charge in [0.05, 0.1) is 0 Å². The molecule has 1 fully saturated rings. The minimum atomic E-state index is 0.951. The topological polar surface area (TPSA) is 18.5 Å². The number of hydrogen-bond donors (Lipinski definition) is 1. The lowest BCUT2D eigenvalue weighted by atomic mass is 10.0. The summed E-state index contributed by atoms with van der Waals surface area (Å²) in [5.74, 6) is 0.951. The van der Waals surface area contributed by atoms with E-state index < -0.39 is 0 Å². The Bertz CT molecular complexity index is 153. The number of rotatable bonds is 7. The highest BCUT2D eigenvalue weighted by Gasteiger charge is 2.13. The first kappa shape index (κ1) is 12.9. The summed E-state index contributed by atoms with van der Waals surface area (Å²) in [6.45, 7) is 6.10. The highest BCUT2D eigenvalue weighted by atomic mass is 15.1. The van der Waals surface area contributed by atoms with Gasteiger partial charge in [0, 0.05) is 13.1 Å². The molecule has 1 rings (SSSR count). The normalized spacial score (nSPS) is 21.8. The summed E-state index contributed by atoms with van der Waals surface area (Å²) in [5.41, 5.74) is 0. The molecule has 3 nitrogen and oxygen atoms in total. The molecular weight excluding hydrogens is 186 g/mol. The molecule has 0 radical (unpaired) electrons. The van der Waals surface area contributed by atoms with Gasteiger partial charge in [0.2, 0.25) is 0 Å². The average molecular weight is 213 g/mol. The van der Waals surface area contributed by atoms with Crippen LogP contribution in [-0.2, 0) is 0 Å². The Labute approximate surface area is 94.8 Å². The van der Waals surface area contributed by atoms with Crippen LogP contribution in [0.2, 0.25) is 0 Å². The zero-order valence-electron chi connectivity index (χ0n) is 10.6. The fourth-order valence-electron chi connectivity index (χ4n) is 2.09. The molecule has 0 aromatic carbocycles. The molecule has 3 heteroatoms. The van der Waals surface area contributed by atoms with E-state index in [4.69, 9.17) is 0 Å². The summed E-state index contributed by atoms with van der Waals surface area (Å²) in [4.78, 5) is 4.69. The van der Waals surface area contributed by atoms with Crippen molar-refractivity contribution in [1.82, 2.24) is 15.1 Å². The quantitative estimate of drug-likeness (QED) is 0.677. The van der Waals surface area contributed by atoms with Crippen LogP contribution in [0.25, 0.3) is 0 Å². The van der Waals surface area contributed by atoms with Crippen molar-refractivity contribution in [3.63, 3.8) is 0 Å². The van der Waals surface area contributed by atoms with Crippen molar-refractivity contribution in [3.8, 4) is 0 Å². The number of nitrogens with zero attached hydrogens (tertiary/aromatic N) is 2. The first-order chi connectivity index (χ1) is 7.18. The van der Waals surface area contributed by atoms with E-state index in [1.165, 1.54) is 52.0 Å². The van der Waals surface area contributed by atoms with Crippen LogP contribution in [0, 0.1) is 5.92 Å². The van der Waals surface area contributed by atoms with Crippen LogP contribution in [-0.4, -0.2) is 63.7 Å². The van der Waals surface area contributed by atoms with Gasteiger partial charge in [-0.05, 0) is 66.0 Å². The second-order valence-electron chi connectivity index (χ2n) is 5.11. The lowest BCUT2D eigenvalue weighted by Gasteiger charge is -2.19. The molecule has 1 saturated heterocycles. The summed E-state index contributed by atoms with van der Waals surface area (Å²) < 4.78 is 0. The third-order valence-electron chi connectivity index (χ3n) is 3.24. The molecule has 1 aliphatic heterocycles. The highest BCUT2D eigenvalue weighted by Crippen LogP contribution is 2.14. The molecule has 0 aromatic heterocycles. The maximum atomic E-state index is 3.43. The zero-order valence-corrected chi connectivity index (χ0v) is 10.6. The smallest absolute Gasteiger partial charge is 0.0106 e. The second kappa shape index (κ2) is 7.20. The summed E-state index contributed by atoms with van der Waals surface area (Å²) in [6, 6.07) is 0. The predicted octanol–water partition coefficient (Wildman–Crippen LogP) is 0.869. The average Bonchev–Trinajstić information content (AvgIpc) is 2.67. The molecule has 1 atom stereocenters. The van der Waals surface area contributed by atoms with Crippen molar-refractivity contribution in [2.45, 2.75) is 19.3 Å². The molecule has 90 valence electrons.